The van der Waals surface area contributed by atoms with Crippen LogP contribution in [0.1, 0.15) is 18.5 Å². The molecule has 2 aromatic carbocycles. The molecule has 1 unspecified atom stereocenters. The third-order valence-corrected chi connectivity index (χ3v) is 5.11. The van der Waals surface area contributed by atoms with Crippen molar-refractivity contribution in [1.29, 1.82) is 0 Å². The maximum atomic E-state index is 3.57. The first-order chi connectivity index (χ1) is 10.2. The van der Waals surface area contributed by atoms with Crippen LogP contribution in [0.5, 0.6) is 0 Å². The summed E-state index contributed by atoms with van der Waals surface area (Å²) in [6, 6.07) is 17.3. The first-order valence-corrected chi connectivity index (χ1v) is 8.50. The van der Waals surface area contributed by atoms with Gasteiger partial charge in [0.25, 0.3) is 0 Å². The van der Waals surface area contributed by atoms with Crippen molar-refractivity contribution in [3.8, 4) is 0 Å². The van der Waals surface area contributed by atoms with Crippen molar-refractivity contribution in [3.63, 3.8) is 0 Å². The van der Waals surface area contributed by atoms with Gasteiger partial charge in [0.2, 0.25) is 0 Å². The van der Waals surface area contributed by atoms with Crippen LogP contribution >= 0.6 is 27.7 Å². The maximum absolute atomic E-state index is 3.57. The minimum Gasteiger partial charge on any atom is -0.349 e. The third kappa shape index (κ3) is 3.18. The molecule has 2 nitrogen and oxygen atoms in total. The summed E-state index contributed by atoms with van der Waals surface area (Å²) in [5.41, 5.74) is 2.49. The summed E-state index contributed by atoms with van der Waals surface area (Å²) in [6.07, 6.45) is 0. The van der Waals surface area contributed by atoms with E-state index in [1.54, 1.807) is 11.8 Å². The molecule has 4 heteroatoms. The molecule has 0 aliphatic rings. The van der Waals surface area contributed by atoms with Crippen molar-refractivity contribution in [3.05, 3.63) is 58.6 Å². The lowest BCUT2D eigenvalue weighted by atomic mass is 10.1. The Morgan fingerprint density at radius 1 is 1.14 bits per heavy atom. The molecule has 0 saturated carbocycles. The van der Waals surface area contributed by atoms with E-state index in [0.29, 0.717) is 6.04 Å². The first kappa shape index (κ1) is 14.7. The Kier molecular flexibility index (Phi) is 4.38. The number of hydrogen-bond acceptors (Lipinski definition) is 2. The molecule has 0 saturated heterocycles. The Hall–Kier alpha value is -1.23. The van der Waals surface area contributed by atoms with E-state index in [1.807, 2.05) is 7.05 Å². The molecule has 1 heterocycles. The highest BCUT2D eigenvalue weighted by molar-refractivity contribution is 9.10. The molecule has 1 aromatic heterocycles. The third-order valence-electron chi connectivity index (χ3n) is 3.60. The molecule has 1 atom stereocenters. The molecule has 2 N–H and O–H groups in total. The van der Waals surface area contributed by atoms with E-state index in [-0.39, 0.29) is 0 Å². The van der Waals surface area contributed by atoms with Gasteiger partial charge in [-0.3, -0.25) is 0 Å². The maximum Gasteiger partial charge on any atom is 0.0781 e. The molecule has 0 spiro atoms. The van der Waals surface area contributed by atoms with Crippen LogP contribution in [0.15, 0.2) is 62.9 Å². The van der Waals surface area contributed by atoms with Gasteiger partial charge in [-0.25, -0.2) is 0 Å². The number of rotatable bonds is 4. The molecule has 0 amide bonds. The fourth-order valence-corrected chi connectivity index (χ4v) is 3.97. The lowest BCUT2D eigenvalue weighted by Crippen LogP contribution is -2.13. The lowest BCUT2D eigenvalue weighted by molar-refractivity contribution is 0.641. The first-order valence-electron chi connectivity index (χ1n) is 6.89. The Balaban J connectivity index is 1.98. The molecule has 108 valence electrons. The number of aromatic amines is 1. The molecule has 3 rings (SSSR count). The minimum absolute atomic E-state index is 0.324. The number of fused-ring (bicyclic) bond motifs is 1. The molecule has 21 heavy (non-hydrogen) atoms. The largest absolute Gasteiger partial charge is 0.349 e. The SMILES string of the molecule is CNC(C)c1ccc(Br)cc1Sc1cc2ccccc2[nH]1. The summed E-state index contributed by atoms with van der Waals surface area (Å²) in [4.78, 5) is 4.74. The smallest absolute Gasteiger partial charge is 0.0781 e. The van der Waals surface area contributed by atoms with E-state index in [4.69, 9.17) is 0 Å². The van der Waals surface area contributed by atoms with E-state index in [1.165, 1.54) is 26.4 Å². The van der Waals surface area contributed by atoms with Crippen molar-refractivity contribution < 1.29 is 0 Å². The van der Waals surface area contributed by atoms with Crippen LogP contribution in [-0.2, 0) is 0 Å². The number of aromatic nitrogens is 1. The van der Waals surface area contributed by atoms with Crippen molar-refractivity contribution in [2.45, 2.75) is 22.9 Å². The Morgan fingerprint density at radius 2 is 1.95 bits per heavy atom. The van der Waals surface area contributed by atoms with Crippen molar-refractivity contribution in [1.82, 2.24) is 10.3 Å². The van der Waals surface area contributed by atoms with Crippen molar-refractivity contribution >= 4 is 38.6 Å². The van der Waals surface area contributed by atoms with E-state index in [9.17, 15) is 0 Å². The normalized spacial score (nSPS) is 12.7. The standard InChI is InChI=1S/C17H17BrN2S/c1-11(19-2)14-8-7-13(18)10-16(14)21-17-9-12-5-3-4-6-15(12)20-17/h3-11,19-20H,1-2H3. The molecule has 0 radical (unpaired) electrons. The van der Waals surface area contributed by atoms with Gasteiger partial charge in [-0.05, 0) is 43.8 Å². The van der Waals surface area contributed by atoms with Gasteiger partial charge < -0.3 is 10.3 Å². The second-order valence-electron chi connectivity index (χ2n) is 5.02. The van der Waals surface area contributed by atoms with Gasteiger partial charge in [-0.15, -0.1) is 0 Å². The number of halogens is 1. The average Bonchev–Trinajstić information content (AvgIpc) is 2.89. The van der Waals surface area contributed by atoms with E-state index in [0.717, 1.165) is 4.47 Å². The van der Waals surface area contributed by atoms with Crippen molar-refractivity contribution in [2.75, 3.05) is 7.05 Å². The zero-order valence-electron chi connectivity index (χ0n) is 12.0. The van der Waals surface area contributed by atoms with Gasteiger partial charge in [0, 0.05) is 26.3 Å². The number of H-pyrrole nitrogens is 1. The zero-order valence-corrected chi connectivity index (χ0v) is 14.4. The van der Waals surface area contributed by atoms with Crippen LogP contribution in [0.4, 0.5) is 0 Å². The van der Waals surface area contributed by atoms with Crippen molar-refractivity contribution in [2.24, 2.45) is 0 Å². The predicted molar refractivity (Wildman–Crippen MR) is 94.0 cm³/mol. The molecule has 3 aromatic rings. The molecule has 0 fully saturated rings. The van der Waals surface area contributed by atoms with Gasteiger partial charge >= 0.3 is 0 Å². The highest BCUT2D eigenvalue weighted by Crippen LogP contribution is 2.36. The average molecular weight is 361 g/mol. The fraction of sp³-hybridized carbons (Fsp3) is 0.176. The van der Waals surface area contributed by atoms with Gasteiger partial charge in [0.1, 0.15) is 0 Å². The van der Waals surface area contributed by atoms with Crippen LogP contribution in [-0.4, -0.2) is 12.0 Å². The predicted octanol–water partition coefficient (Wildman–Crippen LogP) is 5.36. The number of para-hydroxylation sites is 1. The number of benzene rings is 2. The van der Waals surface area contributed by atoms with Gasteiger partial charge in [-0.1, -0.05) is 52.0 Å². The van der Waals surface area contributed by atoms with Crippen LogP contribution in [0, 0.1) is 0 Å². The van der Waals surface area contributed by atoms with E-state index < -0.39 is 0 Å². The van der Waals surface area contributed by atoms with Crippen LogP contribution in [0.3, 0.4) is 0 Å². The summed E-state index contributed by atoms with van der Waals surface area (Å²) >= 11 is 5.34. The minimum atomic E-state index is 0.324. The second-order valence-corrected chi connectivity index (χ2v) is 7.01. The Labute approximate surface area is 137 Å². The highest BCUT2D eigenvalue weighted by Gasteiger charge is 2.12. The zero-order chi connectivity index (χ0) is 14.8. The Bertz CT molecular complexity index is 733. The fourth-order valence-electron chi connectivity index (χ4n) is 2.33. The lowest BCUT2D eigenvalue weighted by Gasteiger charge is -2.15. The van der Waals surface area contributed by atoms with Crippen LogP contribution < -0.4 is 5.32 Å². The summed E-state index contributed by atoms with van der Waals surface area (Å²) in [5, 5.41) is 5.73. The molecule has 0 aliphatic heterocycles. The quantitative estimate of drug-likeness (QED) is 0.655. The monoisotopic (exact) mass is 360 g/mol. The van der Waals surface area contributed by atoms with E-state index in [2.05, 4.69) is 81.7 Å². The molecule has 0 bridgehead atoms. The second kappa shape index (κ2) is 6.26. The van der Waals surface area contributed by atoms with Gasteiger partial charge in [0.15, 0.2) is 0 Å². The highest BCUT2D eigenvalue weighted by atomic mass is 79.9. The molecular weight excluding hydrogens is 344 g/mol. The number of nitrogens with one attached hydrogen (secondary N) is 2. The summed E-state index contributed by atoms with van der Waals surface area (Å²) < 4.78 is 1.10. The number of hydrogen-bond donors (Lipinski definition) is 2. The molecule has 0 aliphatic carbocycles. The summed E-state index contributed by atoms with van der Waals surface area (Å²) in [6.45, 7) is 2.18. The Morgan fingerprint density at radius 3 is 2.71 bits per heavy atom. The van der Waals surface area contributed by atoms with Gasteiger partial charge in [0.05, 0.1) is 5.03 Å². The van der Waals surface area contributed by atoms with Crippen LogP contribution in [0.2, 0.25) is 0 Å². The van der Waals surface area contributed by atoms with Crippen LogP contribution in [0.25, 0.3) is 10.9 Å². The summed E-state index contributed by atoms with van der Waals surface area (Å²) in [7, 11) is 1.99. The molecular formula is C17H17BrN2S. The van der Waals surface area contributed by atoms with E-state index >= 15 is 0 Å². The van der Waals surface area contributed by atoms with Gasteiger partial charge in [-0.2, -0.15) is 0 Å². The topological polar surface area (TPSA) is 27.8 Å². The summed E-state index contributed by atoms with van der Waals surface area (Å²) in [5.74, 6) is 0.